The largest absolute Gasteiger partial charge is 0.368 e. The van der Waals surface area contributed by atoms with Crippen LogP contribution in [0.2, 0.25) is 0 Å². The highest BCUT2D eigenvalue weighted by atomic mass is 79.9. The highest BCUT2D eigenvalue weighted by molar-refractivity contribution is 9.10. The number of benzene rings is 2. The standard InChI is InChI=1S/C17H20BrNO/c1-13-5-3-4-6-16(13)17(11-19-2)20-12-14-7-9-15(18)10-8-14/h3-10,17,19H,11-12H2,1-2H3. The zero-order chi connectivity index (χ0) is 14.4. The number of likely N-dealkylation sites (N-methyl/N-ethyl adjacent to an activating group) is 1. The highest BCUT2D eigenvalue weighted by Gasteiger charge is 2.13. The molecule has 1 atom stereocenters. The molecule has 0 radical (unpaired) electrons. The van der Waals surface area contributed by atoms with Gasteiger partial charge in [-0.3, -0.25) is 0 Å². The van der Waals surface area contributed by atoms with Gasteiger partial charge in [0.2, 0.25) is 0 Å². The fourth-order valence-electron chi connectivity index (χ4n) is 2.17. The lowest BCUT2D eigenvalue weighted by Crippen LogP contribution is -2.20. The van der Waals surface area contributed by atoms with E-state index in [0.29, 0.717) is 6.61 Å². The van der Waals surface area contributed by atoms with Gasteiger partial charge in [0.15, 0.2) is 0 Å². The van der Waals surface area contributed by atoms with Gasteiger partial charge >= 0.3 is 0 Å². The second-order valence-corrected chi connectivity index (χ2v) is 5.76. The van der Waals surface area contributed by atoms with Gasteiger partial charge in [0.05, 0.1) is 12.7 Å². The van der Waals surface area contributed by atoms with Crippen LogP contribution in [-0.2, 0) is 11.3 Å². The van der Waals surface area contributed by atoms with Gasteiger partial charge < -0.3 is 10.1 Å². The van der Waals surface area contributed by atoms with E-state index in [-0.39, 0.29) is 6.10 Å². The van der Waals surface area contributed by atoms with Crippen molar-refractivity contribution >= 4 is 15.9 Å². The van der Waals surface area contributed by atoms with Crippen molar-refractivity contribution in [2.75, 3.05) is 13.6 Å². The van der Waals surface area contributed by atoms with Crippen LogP contribution in [0.1, 0.15) is 22.8 Å². The second-order valence-electron chi connectivity index (χ2n) is 4.84. The molecular weight excluding hydrogens is 314 g/mol. The predicted molar refractivity (Wildman–Crippen MR) is 86.8 cm³/mol. The summed E-state index contributed by atoms with van der Waals surface area (Å²) in [5.41, 5.74) is 3.70. The lowest BCUT2D eigenvalue weighted by Gasteiger charge is -2.20. The molecule has 2 aromatic rings. The van der Waals surface area contributed by atoms with Gasteiger partial charge in [-0.25, -0.2) is 0 Å². The Hall–Kier alpha value is -1.16. The summed E-state index contributed by atoms with van der Waals surface area (Å²) < 4.78 is 7.19. The van der Waals surface area contributed by atoms with Crippen LogP contribution in [0.3, 0.4) is 0 Å². The fraction of sp³-hybridized carbons (Fsp3) is 0.294. The Bertz CT molecular complexity index is 539. The Morgan fingerprint density at radius 3 is 2.45 bits per heavy atom. The molecule has 0 bridgehead atoms. The maximum Gasteiger partial charge on any atom is 0.0956 e. The maximum absolute atomic E-state index is 6.10. The summed E-state index contributed by atoms with van der Waals surface area (Å²) in [5, 5.41) is 3.21. The summed E-state index contributed by atoms with van der Waals surface area (Å²) in [6.45, 7) is 3.55. The zero-order valence-electron chi connectivity index (χ0n) is 11.9. The fourth-order valence-corrected chi connectivity index (χ4v) is 2.43. The van der Waals surface area contributed by atoms with Crippen molar-refractivity contribution in [3.8, 4) is 0 Å². The molecule has 0 saturated carbocycles. The third-order valence-electron chi connectivity index (χ3n) is 3.29. The molecule has 2 nitrogen and oxygen atoms in total. The highest BCUT2D eigenvalue weighted by Crippen LogP contribution is 2.22. The summed E-state index contributed by atoms with van der Waals surface area (Å²) in [6.07, 6.45) is 0.0739. The van der Waals surface area contributed by atoms with Crippen LogP contribution in [0, 0.1) is 6.92 Å². The number of nitrogens with one attached hydrogen (secondary N) is 1. The van der Waals surface area contributed by atoms with E-state index in [1.54, 1.807) is 0 Å². The summed E-state index contributed by atoms with van der Waals surface area (Å²) in [5.74, 6) is 0. The molecule has 1 N–H and O–H groups in total. The average molecular weight is 334 g/mol. The van der Waals surface area contributed by atoms with Crippen LogP contribution in [0.25, 0.3) is 0 Å². The summed E-state index contributed by atoms with van der Waals surface area (Å²) in [4.78, 5) is 0. The monoisotopic (exact) mass is 333 g/mol. The molecule has 0 saturated heterocycles. The topological polar surface area (TPSA) is 21.3 Å². The summed E-state index contributed by atoms with van der Waals surface area (Å²) >= 11 is 3.45. The molecule has 0 fully saturated rings. The molecule has 20 heavy (non-hydrogen) atoms. The van der Waals surface area contributed by atoms with Gasteiger partial charge in [-0.05, 0) is 42.8 Å². The van der Waals surface area contributed by atoms with Gasteiger partial charge in [0.25, 0.3) is 0 Å². The molecule has 0 amide bonds. The quantitative estimate of drug-likeness (QED) is 0.853. The Morgan fingerprint density at radius 1 is 1.10 bits per heavy atom. The number of ether oxygens (including phenoxy) is 1. The van der Waals surface area contributed by atoms with Crippen molar-refractivity contribution in [1.82, 2.24) is 5.32 Å². The van der Waals surface area contributed by atoms with Crippen LogP contribution >= 0.6 is 15.9 Å². The molecular formula is C17H20BrNO. The van der Waals surface area contributed by atoms with E-state index in [2.05, 4.69) is 64.6 Å². The van der Waals surface area contributed by atoms with Crippen LogP contribution in [-0.4, -0.2) is 13.6 Å². The SMILES string of the molecule is CNCC(OCc1ccc(Br)cc1)c1ccccc1C. The molecule has 0 aliphatic rings. The van der Waals surface area contributed by atoms with E-state index in [1.165, 1.54) is 16.7 Å². The molecule has 0 heterocycles. The Kier molecular flexibility index (Phi) is 5.77. The van der Waals surface area contributed by atoms with Gasteiger partial charge in [-0.1, -0.05) is 52.3 Å². The van der Waals surface area contributed by atoms with Crippen LogP contribution < -0.4 is 5.32 Å². The zero-order valence-corrected chi connectivity index (χ0v) is 13.5. The van der Waals surface area contributed by atoms with Gasteiger partial charge in [-0.2, -0.15) is 0 Å². The first-order valence-corrected chi connectivity index (χ1v) is 7.56. The van der Waals surface area contributed by atoms with Crippen molar-refractivity contribution < 1.29 is 4.74 Å². The lowest BCUT2D eigenvalue weighted by atomic mass is 10.0. The maximum atomic E-state index is 6.10. The molecule has 2 rings (SSSR count). The van der Waals surface area contributed by atoms with E-state index in [1.807, 2.05) is 19.2 Å². The van der Waals surface area contributed by atoms with E-state index < -0.39 is 0 Å². The second kappa shape index (κ2) is 7.58. The van der Waals surface area contributed by atoms with Crippen LogP contribution in [0.5, 0.6) is 0 Å². The lowest BCUT2D eigenvalue weighted by molar-refractivity contribution is 0.0407. The number of aryl methyl sites for hydroxylation is 1. The van der Waals surface area contributed by atoms with Crippen molar-refractivity contribution in [2.45, 2.75) is 19.6 Å². The summed E-state index contributed by atoms with van der Waals surface area (Å²) in [6, 6.07) is 16.6. The van der Waals surface area contributed by atoms with Crippen LogP contribution in [0.4, 0.5) is 0 Å². The Labute approximate surface area is 129 Å². The van der Waals surface area contributed by atoms with E-state index in [0.717, 1.165) is 11.0 Å². The molecule has 0 aliphatic heterocycles. The van der Waals surface area contributed by atoms with Crippen molar-refractivity contribution in [3.05, 3.63) is 69.7 Å². The van der Waals surface area contributed by atoms with E-state index in [9.17, 15) is 0 Å². The minimum atomic E-state index is 0.0739. The van der Waals surface area contributed by atoms with Crippen molar-refractivity contribution in [1.29, 1.82) is 0 Å². The molecule has 106 valence electrons. The smallest absolute Gasteiger partial charge is 0.0956 e. The number of rotatable bonds is 6. The first kappa shape index (κ1) is 15.2. The third kappa shape index (κ3) is 4.17. The first-order chi connectivity index (χ1) is 9.70. The molecule has 0 aromatic heterocycles. The normalized spacial score (nSPS) is 12.3. The summed E-state index contributed by atoms with van der Waals surface area (Å²) in [7, 11) is 1.95. The molecule has 3 heteroatoms. The minimum absolute atomic E-state index is 0.0739. The average Bonchev–Trinajstić information content (AvgIpc) is 2.46. The van der Waals surface area contributed by atoms with E-state index in [4.69, 9.17) is 4.74 Å². The molecule has 2 aromatic carbocycles. The van der Waals surface area contributed by atoms with Gasteiger partial charge in [0.1, 0.15) is 0 Å². The molecule has 0 spiro atoms. The van der Waals surface area contributed by atoms with Crippen molar-refractivity contribution in [3.63, 3.8) is 0 Å². The molecule has 0 aliphatic carbocycles. The minimum Gasteiger partial charge on any atom is -0.368 e. The number of halogens is 1. The number of hydrogen-bond donors (Lipinski definition) is 1. The molecule has 1 unspecified atom stereocenters. The van der Waals surface area contributed by atoms with Crippen molar-refractivity contribution in [2.24, 2.45) is 0 Å². The number of hydrogen-bond acceptors (Lipinski definition) is 2. The Morgan fingerprint density at radius 2 is 1.80 bits per heavy atom. The van der Waals surface area contributed by atoms with Crippen LogP contribution in [0.15, 0.2) is 53.0 Å². The first-order valence-electron chi connectivity index (χ1n) is 6.77. The third-order valence-corrected chi connectivity index (χ3v) is 3.82. The van der Waals surface area contributed by atoms with Gasteiger partial charge in [-0.15, -0.1) is 0 Å². The Balaban J connectivity index is 2.06. The van der Waals surface area contributed by atoms with Gasteiger partial charge in [0, 0.05) is 11.0 Å². The van der Waals surface area contributed by atoms with E-state index >= 15 is 0 Å². The predicted octanol–water partition coefficient (Wildman–Crippen LogP) is 4.23.